The third-order valence-corrected chi connectivity index (χ3v) is 3.00. The minimum Gasteiger partial charge on any atom is -0.399 e. The molecule has 0 fully saturated rings. The molecule has 3 N–H and O–H groups in total. The van der Waals surface area contributed by atoms with Crippen molar-refractivity contribution in [2.45, 2.75) is 0 Å². The lowest BCUT2D eigenvalue weighted by molar-refractivity contribution is 0.102. The molecular weight excluding hydrogens is 346 g/mol. The molecule has 0 saturated carbocycles. The molecule has 5 heteroatoms. The van der Waals surface area contributed by atoms with Crippen LogP contribution in [0.1, 0.15) is 10.4 Å². The van der Waals surface area contributed by atoms with E-state index in [2.05, 4.69) is 27.9 Å². The van der Waals surface area contributed by atoms with Crippen molar-refractivity contribution in [1.82, 2.24) is 0 Å². The van der Waals surface area contributed by atoms with E-state index in [0.29, 0.717) is 11.3 Å². The van der Waals surface area contributed by atoms with Gasteiger partial charge in [0.1, 0.15) is 5.82 Å². The molecule has 0 atom stereocenters. The highest BCUT2D eigenvalue weighted by atomic mass is 127. The van der Waals surface area contributed by atoms with Gasteiger partial charge >= 0.3 is 0 Å². The van der Waals surface area contributed by atoms with Crippen molar-refractivity contribution in [2.75, 3.05) is 11.1 Å². The molecule has 2 aromatic rings. The molecule has 0 aliphatic rings. The fourth-order valence-corrected chi connectivity index (χ4v) is 2.01. The summed E-state index contributed by atoms with van der Waals surface area (Å²) in [6, 6.07) is 11.1. The van der Waals surface area contributed by atoms with Crippen LogP contribution in [-0.2, 0) is 0 Å². The van der Waals surface area contributed by atoms with Gasteiger partial charge in [-0.15, -0.1) is 0 Å². The summed E-state index contributed by atoms with van der Waals surface area (Å²) >= 11 is 2.11. The summed E-state index contributed by atoms with van der Waals surface area (Å²) in [6.45, 7) is 0. The maximum absolute atomic E-state index is 13.5. The number of halogens is 2. The molecule has 0 aliphatic carbocycles. The lowest BCUT2D eigenvalue weighted by Crippen LogP contribution is -2.13. The Hall–Kier alpha value is -1.63. The third kappa shape index (κ3) is 2.98. The topological polar surface area (TPSA) is 55.1 Å². The van der Waals surface area contributed by atoms with Gasteiger partial charge in [0, 0.05) is 14.8 Å². The van der Waals surface area contributed by atoms with Crippen LogP contribution in [0.15, 0.2) is 42.5 Å². The molecular formula is C13H10FIN2O. The molecule has 2 aromatic carbocycles. The van der Waals surface area contributed by atoms with Crippen LogP contribution in [0.2, 0.25) is 0 Å². The first-order valence-electron chi connectivity index (χ1n) is 5.18. The van der Waals surface area contributed by atoms with E-state index in [1.807, 2.05) is 6.07 Å². The van der Waals surface area contributed by atoms with Crippen molar-refractivity contribution in [3.8, 4) is 0 Å². The van der Waals surface area contributed by atoms with Crippen LogP contribution in [-0.4, -0.2) is 5.91 Å². The van der Waals surface area contributed by atoms with E-state index in [0.717, 1.165) is 3.57 Å². The van der Waals surface area contributed by atoms with Gasteiger partial charge in [0.2, 0.25) is 0 Å². The smallest absolute Gasteiger partial charge is 0.255 e. The average molecular weight is 356 g/mol. The summed E-state index contributed by atoms with van der Waals surface area (Å²) < 4.78 is 14.4. The summed E-state index contributed by atoms with van der Waals surface area (Å²) in [4.78, 5) is 11.9. The highest BCUT2D eigenvalue weighted by Crippen LogP contribution is 2.18. The lowest BCUT2D eigenvalue weighted by atomic mass is 10.2. The number of rotatable bonds is 2. The van der Waals surface area contributed by atoms with Crippen LogP contribution in [0.5, 0.6) is 0 Å². The van der Waals surface area contributed by atoms with Gasteiger partial charge in [0.25, 0.3) is 5.91 Å². The molecule has 0 heterocycles. The molecule has 0 spiro atoms. The zero-order chi connectivity index (χ0) is 13.1. The Morgan fingerprint density at radius 3 is 2.72 bits per heavy atom. The van der Waals surface area contributed by atoms with Crippen molar-refractivity contribution in [3.05, 3.63) is 57.4 Å². The normalized spacial score (nSPS) is 10.1. The van der Waals surface area contributed by atoms with Crippen molar-refractivity contribution in [2.24, 2.45) is 0 Å². The van der Waals surface area contributed by atoms with Crippen molar-refractivity contribution >= 4 is 39.9 Å². The molecule has 92 valence electrons. The highest BCUT2D eigenvalue weighted by Gasteiger charge is 2.09. The summed E-state index contributed by atoms with van der Waals surface area (Å²) in [6.07, 6.45) is 0. The van der Waals surface area contributed by atoms with Crippen LogP contribution < -0.4 is 11.1 Å². The monoisotopic (exact) mass is 356 g/mol. The second-order valence-corrected chi connectivity index (χ2v) is 4.95. The quantitative estimate of drug-likeness (QED) is 0.641. The number of nitrogens with one attached hydrogen (secondary N) is 1. The minimum absolute atomic E-state index is 0.0823. The number of anilines is 2. The second kappa shape index (κ2) is 5.34. The number of carbonyl (C=O) groups excluding carboxylic acids is 1. The van der Waals surface area contributed by atoms with Crippen LogP contribution in [0.25, 0.3) is 0 Å². The summed E-state index contributed by atoms with van der Waals surface area (Å²) in [7, 11) is 0. The van der Waals surface area contributed by atoms with Gasteiger partial charge in [-0.05, 0) is 59.0 Å². The van der Waals surface area contributed by atoms with E-state index in [4.69, 9.17) is 5.73 Å². The van der Waals surface area contributed by atoms with Gasteiger partial charge in [-0.1, -0.05) is 6.07 Å². The Morgan fingerprint density at radius 2 is 2.00 bits per heavy atom. The van der Waals surface area contributed by atoms with E-state index < -0.39 is 5.82 Å². The Balaban J connectivity index is 2.24. The van der Waals surface area contributed by atoms with Gasteiger partial charge in [-0.25, -0.2) is 4.39 Å². The zero-order valence-corrected chi connectivity index (χ0v) is 11.4. The SMILES string of the molecule is Nc1ccc(F)c(NC(=O)c2cccc(I)c2)c1. The summed E-state index contributed by atoms with van der Waals surface area (Å²) in [5.74, 6) is -0.874. The van der Waals surface area contributed by atoms with Crippen LogP contribution in [0, 0.1) is 9.39 Å². The van der Waals surface area contributed by atoms with Gasteiger partial charge < -0.3 is 11.1 Å². The Kier molecular flexibility index (Phi) is 3.81. The number of carbonyl (C=O) groups is 1. The van der Waals surface area contributed by atoms with E-state index in [9.17, 15) is 9.18 Å². The molecule has 0 radical (unpaired) electrons. The molecule has 0 aliphatic heterocycles. The minimum atomic E-state index is -0.511. The van der Waals surface area contributed by atoms with E-state index in [-0.39, 0.29) is 11.6 Å². The number of benzene rings is 2. The number of amides is 1. The van der Waals surface area contributed by atoms with Crippen LogP contribution >= 0.6 is 22.6 Å². The zero-order valence-electron chi connectivity index (χ0n) is 9.28. The number of hydrogen-bond donors (Lipinski definition) is 2. The fraction of sp³-hybridized carbons (Fsp3) is 0. The predicted octanol–water partition coefficient (Wildman–Crippen LogP) is 3.26. The Morgan fingerprint density at radius 1 is 1.22 bits per heavy atom. The van der Waals surface area contributed by atoms with E-state index in [1.165, 1.54) is 18.2 Å². The van der Waals surface area contributed by atoms with E-state index >= 15 is 0 Å². The molecule has 0 bridgehead atoms. The fourth-order valence-electron chi connectivity index (χ4n) is 1.46. The van der Waals surface area contributed by atoms with Crippen LogP contribution in [0.4, 0.5) is 15.8 Å². The molecule has 0 unspecified atom stereocenters. The molecule has 18 heavy (non-hydrogen) atoms. The number of nitrogens with two attached hydrogens (primary N) is 1. The van der Waals surface area contributed by atoms with E-state index in [1.54, 1.807) is 18.2 Å². The van der Waals surface area contributed by atoms with Crippen molar-refractivity contribution < 1.29 is 9.18 Å². The largest absolute Gasteiger partial charge is 0.399 e. The van der Waals surface area contributed by atoms with Crippen LogP contribution in [0.3, 0.4) is 0 Å². The molecule has 0 saturated heterocycles. The lowest BCUT2D eigenvalue weighted by Gasteiger charge is -2.07. The maximum Gasteiger partial charge on any atom is 0.255 e. The first kappa shape index (κ1) is 12.8. The molecule has 1 amide bonds. The summed E-state index contributed by atoms with van der Waals surface area (Å²) in [5.41, 5.74) is 6.50. The first-order valence-corrected chi connectivity index (χ1v) is 6.26. The van der Waals surface area contributed by atoms with Crippen molar-refractivity contribution in [1.29, 1.82) is 0 Å². The first-order chi connectivity index (χ1) is 8.56. The number of nitrogen functional groups attached to an aromatic ring is 1. The number of hydrogen-bond acceptors (Lipinski definition) is 2. The second-order valence-electron chi connectivity index (χ2n) is 3.70. The van der Waals surface area contributed by atoms with Gasteiger partial charge in [-0.2, -0.15) is 0 Å². The maximum atomic E-state index is 13.5. The molecule has 3 nitrogen and oxygen atoms in total. The molecule has 0 aromatic heterocycles. The Bertz CT molecular complexity index is 601. The Labute approximate surface area is 117 Å². The average Bonchev–Trinajstić information content (AvgIpc) is 2.34. The van der Waals surface area contributed by atoms with Gasteiger partial charge in [-0.3, -0.25) is 4.79 Å². The predicted molar refractivity (Wildman–Crippen MR) is 77.9 cm³/mol. The highest BCUT2D eigenvalue weighted by molar-refractivity contribution is 14.1. The standard InChI is InChI=1S/C13H10FIN2O/c14-11-5-4-10(16)7-12(11)17-13(18)8-2-1-3-9(15)6-8/h1-7H,16H2,(H,17,18). The third-order valence-electron chi connectivity index (χ3n) is 2.33. The van der Waals surface area contributed by atoms with Crippen molar-refractivity contribution in [3.63, 3.8) is 0 Å². The van der Waals surface area contributed by atoms with Gasteiger partial charge in [0.15, 0.2) is 0 Å². The van der Waals surface area contributed by atoms with Gasteiger partial charge in [0.05, 0.1) is 5.69 Å². The molecule has 2 rings (SSSR count). The summed E-state index contributed by atoms with van der Waals surface area (Å²) in [5, 5.41) is 2.50.